The van der Waals surface area contributed by atoms with Gasteiger partial charge in [0.2, 0.25) is 53.2 Å². The predicted molar refractivity (Wildman–Crippen MR) is 300 cm³/mol. The van der Waals surface area contributed by atoms with E-state index >= 15 is 0 Å². The number of hydrogen-bond acceptors (Lipinski definition) is 14. The highest BCUT2D eigenvalue weighted by Gasteiger charge is 2.39. The highest BCUT2D eigenvalue weighted by atomic mass is 16.4. The van der Waals surface area contributed by atoms with Gasteiger partial charge in [-0.3, -0.25) is 53.3 Å². The van der Waals surface area contributed by atoms with Crippen LogP contribution in [0.1, 0.15) is 61.3 Å². The molecular formula is C58H69N11O14. The van der Waals surface area contributed by atoms with Gasteiger partial charge in [-0.25, -0.2) is 4.79 Å². The Balaban J connectivity index is 1.43. The third-order valence-electron chi connectivity index (χ3n) is 13.8. The second-order valence-electron chi connectivity index (χ2n) is 20.2. The summed E-state index contributed by atoms with van der Waals surface area (Å²) in [5.41, 5.74) is 14.8. The summed E-state index contributed by atoms with van der Waals surface area (Å²) in [6.07, 6.45) is -2.49. The maximum absolute atomic E-state index is 14.9. The van der Waals surface area contributed by atoms with Crippen LogP contribution in [0.4, 0.5) is 0 Å². The van der Waals surface area contributed by atoms with Crippen molar-refractivity contribution in [3.8, 4) is 0 Å². The monoisotopic (exact) mass is 1140 g/mol. The van der Waals surface area contributed by atoms with E-state index in [9.17, 15) is 68.1 Å². The number of carbonyl (C=O) groups excluding carboxylic acids is 9. The number of carboxylic acid groups (broad SMARTS) is 2. The van der Waals surface area contributed by atoms with Gasteiger partial charge in [-0.05, 0) is 61.1 Å². The number of aliphatic hydroxyl groups excluding tert-OH is 1. The zero-order valence-corrected chi connectivity index (χ0v) is 45.4. The number of carbonyl (C=O) groups is 11. The molecule has 0 spiro atoms. The van der Waals surface area contributed by atoms with E-state index in [1.807, 2.05) is 5.32 Å². The quantitative estimate of drug-likeness (QED) is 0.0336. The molecule has 1 aromatic heterocycles. The highest BCUT2D eigenvalue weighted by molar-refractivity contribution is 6.06. The zero-order chi connectivity index (χ0) is 60.2. The summed E-state index contributed by atoms with van der Waals surface area (Å²) < 4.78 is 0. The second kappa shape index (κ2) is 30.5. The molecule has 1 aliphatic rings. The molecule has 1 aliphatic heterocycles. The minimum Gasteiger partial charge on any atom is -0.481 e. The van der Waals surface area contributed by atoms with Gasteiger partial charge in [0, 0.05) is 49.2 Å². The van der Waals surface area contributed by atoms with Gasteiger partial charge in [0.1, 0.15) is 48.2 Å². The normalized spacial score (nSPS) is 23.8. The number of aromatic amines is 1. The fourth-order valence-corrected chi connectivity index (χ4v) is 9.30. The topological polar surface area (TPSA) is 413 Å². The van der Waals surface area contributed by atoms with E-state index in [-0.39, 0.29) is 45.1 Å². The number of H-pyrrole nitrogens is 1. The number of nitrogens with one attached hydrogen (secondary N) is 9. The van der Waals surface area contributed by atoms with Crippen LogP contribution in [0.15, 0.2) is 121 Å². The van der Waals surface area contributed by atoms with Crippen LogP contribution in [0, 0.1) is 5.92 Å². The number of hydrogen-bond donors (Lipinski definition) is 14. The lowest BCUT2D eigenvalue weighted by molar-refractivity contribution is -0.150. The molecule has 16 N–H and O–H groups in total. The summed E-state index contributed by atoms with van der Waals surface area (Å²) in [5, 5.41) is 51.7. The molecule has 83 heavy (non-hydrogen) atoms. The van der Waals surface area contributed by atoms with E-state index in [1.54, 1.807) is 121 Å². The lowest BCUT2D eigenvalue weighted by Crippen LogP contribution is -2.62. The highest BCUT2D eigenvalue weighted by Crippen LogP contribution is 2.20. The Morgan fingerprint density at radius 1 is 0.530 bits per heavy atom. The third-order valence-corrected chi connectivity index (χ3v) is 13.8. The summed E-state index contributed by atoms with van der Waals surface area (Å²) >= 11 is 0. The van der Waals surface area contributed by atoms with Crippen molar-refractivity contribution in [1.29, 1.82) is 0 Å². The van der Waals surface area contributed by atoms with E-state index in [4.69, 9.17) is 11.5 Å². The molecule has 0 aliphatic carbocycles. The lowest BCUT2D eigenvalue weighted by atomic mass is 9.97. The predicted octanol–water partition coefficient (Wildman–Crippen LogP) is -1.11. The van der Waals surface area contributed by atoms with Crippen molar-refractivity contribution in [2.45, 2.75) is 119 Å². The number of amides is 9. The van der Waals surface area contributed by atoms with Gasteiger partial charge in [0.25, 0.3) is 0 Å². The number of aromatic nitrogens is 1. The average molecular weight is 1140 g/mol. The number of unbranched alkanes of at least 4 members (excludes halogenated alkanes) is 1. The van der Waals surface area contributed by atoms with E-state index in [0.717, 1.165) is 6.92 Å². The van der Waals surface area contributed by atoms with Crippen LogP contribution < -0.4 is 54.0 Å². The number of imide groups is 1. The van der Waals surface area contributed by atoms with Gasteiger partial charge in [0.05, 0.1) is 18.6 Å². The Kier molecular flexibility index (Phi) is 23.1. The SMILES string of the molecule is C[C@@H](O)[C@@H]1NC(=O)[C@H](CCCCN)NC(=O)[C@@H](Cc2c[nH]c3ccccc23)NC(=O)[C@H](Cc2ccccc2)NC(=O)[C@H](Cc2ccccc2)NC(=O)[C@@H](N)CC(=O)NC(=O)C(C(=O)O)C[C@H](C(=O)O)NC(=O)[C@H](Cc2ccccc2)NC1=O. The van der Waals surface area contributed by atoms with Crippen LogP contribution in [0.25, 0.3) is 10.9 Å². The van der Waals surface area contributed by atoms with Crippen molar-refractivity contribution in [2.75, 3.05) is 6.54 Å². The van der Waals surface area contributed by atoms with Crippen molar-refractivity contribution in [3.63, 3.8) is 0 Å². The number of aliphatic hydroxyl groups is 1. The Bertz CT molecular complexity index is 3110. The molecule has 2 heterocycles. The Labute approximate surface area is 476 Å². The van der Waals surface area contributed by atoms with Gasteiger partial charge >= 0.3 is 11.9 Å². The molecule has 9 amide bonds. The van der Waals surface area contributed by atoms with Crippen molar-refractivity contribution in [3.05, 3.63) is 144 Å². The first-order valence-electron chi connectivity index (χ1n) is 26.9. The Morgan fingerprint density at radius 3 is 1.47 bits per heavy atom. The Hall–Kier alpha value is -9.33. The van der Waals surface area contributed by atoms with E-state index < -0.39 is 138 Å². The molecule has 25 nitrogen and oxygen atoms in total. The number of para-hydroxylation sites is 1. The van der Waals surface area contributed by atoms with Crippen LogP contribution >= 0.6 is 0 Å². The van der Waals surface area contributed by atoms with Crippen molar-refractivity contribution < 1.29 is 68.1 Å². The van der Waals surface area contributed by atoms with Crippen molar-refractivity contribution in [2.24, 2.45) is 17.4 Å². The molecule has 0 bridgehead atoms. The molecule has 1 saturated heterocycles. The first kappa shape index (κ1) is 62.9. The summed E-state index contributed by atoms with van der Waals surface area (Å²) in [4.78, 5) is 156. The molecule has 6 rings (SSSR count). The summed E-state index contributed by atoms with van der Waals surface area (Å²) in [7, 11) is 0. The van der Waals surface area contributed by atoms with Gasteiger partial charge < -0.3 is 69.0 Å². The van der Waals surface area contributed by atoms with Gasteiger partial charge in [-0.15, -0.1) is 0 Å². The second-order valence-corrected chi connectivity index (χ2v) is 20.2. The van der Waals surface area contributed by atoms with Gasteiger partial charge in [-0.2, -0.15) is 0 Å². The number of rotatable bonds is 15. The number of benzene rings is 4. The smallest absolute Gasteiger partial charge is 0.326 e. The molecule has 5 aromatic rings. The summed E-state index contributed by atoms with van der Waals surface area (Å²) in [6.45, 7) is 1.35. The van der Waals surface area contributed by atoms with Gasteiger partial charge in [-0.1, -0.05) is 109 Å². The molecule has 0 saturated carbocycles. The maximum atomic E-state index is 14.9. The summed E-state index contributed by atoms with van der Waals surface area (Å²) in [5.74, 6) is -16.0. The minimum absolute atomic E-state index is 0.0827. The molecule has 0 radical (unpaired) electrons. The van der Waals surface area contributed by atoms with Crippen LogP contribution in [0.5, 0.6) is 0 Å². The van der Waals surface area contributed by atoms with Crippen molar-refractivity contribution >= 4 is 76.0 Å². The third kappa shape index (κ3) is 18.6. The lowest BCUT2D eigenvalue weighted by Gasteiger charge is -2.29. The number of carboxylic acids is 2. The fraction of sp³-hybridized carbons (Fsp3) is 0.362. The van der Waals surface area contributed by atoms with Crippen LogP contribution in [0.3, 0.4) is 0 Å². The first-order chi connectivity index (χ1) is 39.7. The molecular weight excluding hydrogens is 1070 g/mol. The molecule has 10 atom stereocenters. The number of aliphatic carboxylic acids is 2. The zero-order valence-electron chi connectivity index (χ0n) is 45.4. The van der Waals surface area contributed by atoms with Gasteiger partial charge in [0.15, 0.2) is 0 Å². The largest absolute Gasteiger partial charge is 0.481 e. The molecule has 4 aromatic carbocycles. The molecule has 25 heteroatoms. The van der Waals surface area contributed by atoms with Crippen LogP contribution in [0.2, 0.25) is 0 Å². The van der Waals surface area contributed by atoms with E-state index in [1.165, 1.54) is 0 Å². The van der Waals surface area contributed by atoms with E-state index in [0.29, 0.717) is 39.6 Å². The Morgan fingerprint density at radius 2 is 0.976 bits per heavy atom. The number of nitrogens with two attached hydrogens (primary N) is 2. The molecule has 1 unspecified atom stereocenters. The van der Waals surface area contributed by atoms with E-state index in [2.05, 4.69) is 42.2 Å². The maximum Gasteiger partial charge on any atom is 0.326 e. The average Bonchev–Trinajstić information content (AvgIpc) is 4.17. The molecule has 1 fully saturated rings. The fourth-order valence-electron chi connectivity index (χ4n) is 9.30. The van der Waals surface area contributed by atoms with Crippen molar-refractivity contribution in [1.82, 2.24) is 47.5 Å². The minimum atomic E-state index is -2.32. The first-order valence-corrected chi connectivity index (χ1v) is 26.9. The summed E-state index contributed by atoms with van der Waals surface area (Å²) in [6, 6.07) is 18.6. The number of fused-ring (bicyclic) bond motifs is 1. The molecule has 440 valence electrons. The van der Waals surface area contributed by atoms with Crippen LogP contribution in [-0.4, -0.2) is 146 Å². The standard InChI is InChI=1S/C58H69N11O14/c1-32(70)48-56(79)66-44(27-35-19-9-4-10-20-35)54(77)67-46(58(82)83)29-38(57(80)81)49(72)68-47(71)30-39(60)50(73)63-42(25-33-15-5-2-6-16-33)52(75)64-43(26-34-17-7-3-8-18-34)53(76)65-45(28-36-31-61-40-22-12-11-21-37(36)40)55(78)62-41(51(74)69-48)23-13-14-24-59/h2-12,15-22,31-32,38-39,41-46,48,61,70H,13-14,23-30,59-60H2,1H3,(H,62,78)(H,63,73)(H,64,75)(H,65,76)(H,66,79)(H,67,77)(H,69,74)(H,80,81)(H,82,83)(H,68,71,72)/t32-,38?,39+,41+,42+,43+,44+,45-,46-,48+/m1/s1. The van der Waals surface area contributed by atoms with Crippen LogP contribution in [-0.2, 0) is 78.4 Å².